The maximum Gasteiger partial charge on any atom is 0.0312 e. The minimum absolute atomic E-state index is 0.435. The van der Waals surface area contributed by atoms with E-state index < -0.39 is 0 Å². The molecule has 2 aromatic carbocycles. The van der Waals surface area contributed by atoms with Crippen LogP contribution in [0.25, 0.3) is 0 Å². The lowest BCUT2D eigenvalue weighted by molar-refractivity contribution is 0.155. The van der Waals surface area contributed by atoms with E-state index >= 15 is 0 Å². The summed E-state index contributed by atoms with van der Waals surface area (Å²) in [6.45, 7) is 1.02. The molecule has 0 radical (unpaired) electrons. The summed E-state index contributed by atoms with van der Waals surface area (Å²) in [5.74, 6) is 7.04. The number of nitrogens with zero attached hydrogens (tertiary/aromatic N) is 1. The molecule has 1 heterocycles. The van der Waals surface area contributed by atoms with Crippen LogP contribution in [0.1, 0.15) is 30.4 Å². The van der Waals surface area contributed by atoms with Crippen LogP contribution in [0.2, 0.25) is 0 Å². The summed E-state index contributed by atoms with van der Waals surface area (Å²) in [4.78, 5) is 0. The average molecular weight is 294 g/mol. The van der Waals surface area contributed by atoms with Crippen LogP contribution in [0.4, 0.5) is 0 Å². The maximum absolute atomic E-state index is 6.40. The first-order valence-corrected chi connectivity index (χ1v) is 8.42. The second-order valence-corrected chi connectivity index (χ2v) is 6.44. The Bertz CT molecular complexity index is 552. The third kappa shape index (κ3) is 3.96. The Hall–Kier alpha value is -1.64. The first-order valence-electron chi connectivity index (χ1n) is 8.42. The fourth-order valence-electron chi connectivity index (χ4n) is 3.62. The Kier molecular flexibility index (Phi) is 5.25. The van der Waals surface area contributed by atoms with Gasteiger partial charge in [-0.05, 0) is 42.7 Å². The van der Waals surface area contributed by atoms with Crippen LogP contribution in [0.3, 0.4) is 0 Å². The van der Waals surface area contributed by atoms with Crippen molar-refractivity contribution in [2.24, 2.45) is 11.8 Å². The summed E-state index contributed by atoms with van der Waals surface area (Å²) in [6, 6.07) is 22.1. The van der Waals surface area contributed by atoms with Crippen LogP contribution in [0.15, 0.2) is 60.7 Å². The van der Waals surface area contributed by atoms with Gasteiger partial charge in [-0.2, -0.15) is 0 Å². The molecule has 0 spiro atoms. The molecule has 1 aliphatic heterocycles. The molecule has 0 bridgehead atoms. The second-order valence-electron chi connectivity index (χ2n) is 6.44. The van der Waals surface area contributed by atoms with Gasteiger partial charge in [0.05, 0.1) is 0 Å². The van der Waals surface area contributed by atoms with Crippen molar-refractivity contribution >= 4 is 0 Å². The summed E-state index contributed by atoms with van der Waals surface area (Å²) in [7, 11) is 0. The molecule has 0 aromatic heterocycles. The lowest BCUT2D eigenvalue weighted by Gasteiger charge is -2.32. The van der Waals surface area contributed by atoms with Crippen LogP contribution in [0.5, 0.6) is 0 Å². The highest BCUT2D eigenvalue weighted by atomic mass is 15.4. The zero-order valence-electron chi connectivity index (χ0n) is 13.2. The highest BCUT2D eigenvalue weighted by Crippen LogP contribution is 2.27. The van der Waals surface area contributed by atoms with Crippen molar-refractivity contribution in [1.29, 1.82) is 0 Å². The molecule has 22 heavy (non-hydrogen) atoms. The van der Waals surface area contributed by atoms with E-state index in [2.05, 4.69) is 65.7 Å². The van der Waals surface area contributed by atoms with Gasteiger partial charge in [-0.25, -0.2) is 5.01 Å². The van der Waals surface area contributed by atoms with Gasteiger partial charge in [0.1, 0.15) is 0 Å². The minimum atomic E-state index is 0.435. The lowest BCUT2D eigenvalue weighted by Crippen LogP contribution is -2.46. The van der Waals surface area contributed by atoms with Crippen molar-refractivity contribution in [2.45, 2.75) is 38.1 Å². The van der Waals surface area contributed by atoms with Gasteiger partial charge in [0.15, 0.2) is 0 Å². The molecule has 2 unspecified atom stereocenters. The highest BCUT2D eigenvalue weighted by molar-refractivity contribution is 5.18. The molecule has 116 valence electrons. The van der Waals surface area contributed by atoms with E-state index in [-0.39, 0.29) is 0 Å². The van der Waals surface area contributed by atoms with Gasteiger partial charge in [0.25, 0.3) is 0 Å². The Labute approximate surface area is 133 Å². The van der Waals surface area contributed by atoms with Crippen molar-refractivity contribution in [3.63, 3.8) is 0 Å². The molecule has 2 atom stereocenters. The van der Waals surface area contributed by atoms with Gasteiger partial charge in [-0.15, -0.1) is 0 Å². The zero-order valence-corrected chi connectivity index (χ0v) is 13.2. The van der Waals surface area contributed by atoms with Gasteiger partial charge < -0.3 is 0 Å². The van der Waals surface area contributed by atoms with E-state index in [0.717, 1.165) is 19.4 Å². The number of hydrazine groups is 1. The summed E-state index contributed by atoms with van der Waals surface area (Å²) in [6.07, 6.45) is 5.96. The summed E-state index contributed by atoms with van der Waals surface area (Å²) in [5, 5.41) is 2.10. The fourth-order valence-corrected chi connectivity index (χ4v) is 3.62. The molecule has 1 aliphatic rings. The zero-order chi connectivity index (χ0) is 15.2. The Morgan fingerprint density at radius 2 is 1.41 bits per heavy atom. The van der Waals surface area contributed by atoms with Gasteiger partial charge in [-0.3, -0.25) is 5.84 Å². The van der Waals surface area contributed by atoms with Crippen LogP contribution >= 0.6 is 0 Å². The number of hydrogen-bond donors (Lipinski definition) is 1. The van der Waals surface area contributed by atoms with Crippen LogP contribution in [-0.4, -0.2) is 17.6 Å². The van der Waals surface area contributed by atoms with Crippen molar-refractivity contribution < 1.29 is 0 Å². The molecule has 1 fully saturated rings. The van der Waals surface area contributed by atoms with Gasteiger partial charge in [-0.1, -0.05) is 67.1 Å². The predicted molar refractivity (Wildman–Crippen MR) is 92.3 cm³/mol. The van der Waals surface area contributed by atoms with Crippen LogP contribution in [-0.2, 0) is 12.8 Å². The third-order valence-corrected chi connectivity index (χ3v) is 4.84. The normalized spacial score (nSPS) is 23.1. The third-order valence-electron chi connectivity index (χ3n) is 4.84. The minimum Gasteiger partial charge on any atom is -0.269 e. The van der Waals surface area contributed by atoms with E-state index in [1.807, 2.05) is 0 Å². The number of benzene rings is 2. The quantitative estimate of drug-likeness (QED) is 0.869. The van der Waals surface area contributed by atoms with Crippen LogP contribution < -0.4 is 5.84 Å². The topological polar surface area (TPSA) is 29.3 Å². The molecular weight excluding hydrogens is 268 g/mol. The highest BCUT2D eigenvalue weighted by Gasteiger charge is 2.28. The van der Waals surface area contributed by atoms with E-state index in [1.54, 1.807) is 0 Å². The largest absolute Gasteiger partial charge is 0.269 e. The van der Waals surface area contributed by atoms with E-state index in [9.17, 15) is 0 Å². The first kappa shape index (κ1) is 15.3. The number of hydrogen-bond acceptors (Lipinski definition) is 2. The summed E-state index contributed by atoms with van der Waals surface area (Å²) < 4.78 is 0. The predicted octanol–water partition coefficient (Wildman–Crippen LogP) is 3.82. The van der Waals surface area contributed by atoms with Gasteiger partial charge >= 0.3 is 0 Å². The van der Waals surface area contributed by atoms with Crippen LogP contribution in [0, 0.1) is 5.92 Å². The molecular formula is C20H26N2. The van der Waals surface area contributed by atoms with Crippen molar-refractivity contribution in [2.75, 3.05) is 6.54 Å². The molecule has 0 saturated carbocycles. The monoisotopic (exact) mass is 294 g/mol. The molecule has 0 aliphatic carbocycles. The SMILES string of the molecule is NN1CCCCC(Cc2ccccc2)C1Cc1ccccc1. The van der Waals surface area contributed by atoms with E-state index in [0.29, 0.717) is 12.0 Å². The Morgan fingerprint density at radius 3 is 2.05 bits per heavy atom. The van der Waals surface area contributed by atoms with Crippen molar-refractivity contribution in [3.8, 4) is 0 Å². The Morgan fingerprint density at radius 1 is 0.818 bits per heavy atom. The lowest BCUT2D eigenvalue weighted by atomic mass is 9.85. The standard InChI is InChI=1S/C20H26N2/c21-22-14-8-7-13-19(15-17-9-3-1-4-10-17)20(22)16-18-11-5-2-6-12-18/h1-6,9-12,19-20H,7-8,13-16,21H2. The van der Waals surface area contributed by atoms with E-state index in [4.69, 9.17) is 5.84 Å². The summed E-state index contributed by atoms with van der Waals surface area (Å²) >= 11 is 0. The molecule has 1 saturated heterocycles. The van der Waals surface area contributed by atoms with E-state index in [1.165, 1.54) is 30.4 Å². The molecule has 2 N–H and O–H groups in total. The molecule has 2 aromatic rings. The maximum atomic E-state index is 6.40. The fraction of sp³-hybridized carbons (Fsp3) is 0.400. The number of rotatable bonds is 4. The van der Waals surface area contributed by atoms with Gasteiger partial charge in [0, 0.05) is 12.6 Å². The van der Waals surface area contributed by atoms with Crippen molar-refractivity contribution in [1.82, 2.24) is 5.01 Å². The smallest absolute Gasteiger partial charge is 0.0312 e. The van der Waals surface area contributed by atoms with Gasteiger partial charge in [0.2, 0.25) is 0 Å². The summed E-state index contributed by atoms with van der Waals surface area (Å²) in [5.41, 5.74) is 2.82. The molecule has 3 rings (SSSR count). The number of nitrogens with two attached hydrogens (primary N) is 1. The average Bonchev–Trinajstić information content (AvgIpc) is 2.73. The second kappa shape index (κ2) is 7.57. The molecule has 2 nitrogen and oxygen atoms in total. The van der Waals surface area contributed by atoms with Crippen molar-refractivity contribution in [3.05, 3.63) is 71.8 Å². The first-order chi connectivity index (χ1) is 10.8. The molecule has 2 heteroatoms. The molecule has 0 amide bonds. The Balaban J connectivity index is 1.77.